The maximum Gasteiger partial charge on any atom is 0.126 e. The van der Waals surface area contributed by atoms with Gasteiger partial charge in [0.1, 0.15) is 11.4 Å². The van der Waals surface area contributed by atoms with Crippen molar-refractivity contribution in [2.45, 2.75) is 51.2 Å². The number of halogens is 1. The van der Waals surface area contributed by atoms with E-state index in [2.05, 4.69) is 60.3 Å². The molecule has 1 spiro atoms. The van der Waals surface area contributed by atoms with Crippen LogP contribution in [0, 0.1) is 5.41 Å². The molecule has 1 N–H and O–H groups in total. The molecule has 2 nitrogen and oxygen atoms in total. The Bertz CT molecular complexity index is 500. The van der Waals surface area contributed by atoms with Crippen LogP contribution in [0.25, 0.3) is 0 Å². The van der Waals surface area contributed by atoms with Crippen molar-refractivity contribution in [2.75, 3.05) is 7.05 Å². The average Bonchev–Trinajstić information content (AvgIpc) is 2.63. The van der Waals surface area contributed by atoms with Gasteiger partial charge in [0.2, 0.25) is 0 Å². The lowest BCUT2D eigenvalue weighted by molar-refractivity contribution is 0.0287. The Labute approximate surface area is 124 Å². The van der Waals surface area contributed by atoms with Gasteiger partial charge in [-0.1, -0.05) is 35.8 Å². The summed E-state index contributed by atoms with van der Waals surface area (Å²) in [4.78, 5) is 0. The molecule has 1 aliphatic carbocycles. The number of nitrogens with one attached hydrogen (secondary N) is 1. The second-order valence-electron chi connectivity index (χ2n) is 6.85. The van der Waals surface area contributed by atoms with E-state index in [1.54, 1.807) is 0 Å². The van der Waals surface area contributed by atoms with E-state index in [-0.39, 0.29) is 5.60 Å². The van der Waals surface area contributed by atoms with Gasteiger partial charge in [-0.05, 0) is 43.9 Å². The predicted octanol–water partition coefficient (Wildman–Crippen LogP) is 4.44. The van der Waals surface area contributed by atoms with Gasteiger partial charge in [-0.3, -0.25) is 0 Å². The molecule has 2 atom stereocenters. The summed E-state index contributed by atoms with van der Waals surface area (Å²) in [5.74, 6) is 1.05. The zero-order chi connectivity index (χ0) is 13.7. The van der Waals surface area contributed by atoms with Gasteiger partial charge in [0.05, 0.1) is 0 Å². The lowest BCUT2D eigenvalue weighted by Crippen LogP contribution is -2.42. The summed E-state index contributed by atoms with van der Waals surface area (Å²) in [5.41, 5.74) is 1.73. The highest BCUT2D eigenvalue weighted by Crippen LogP contribution is 2.53. The van der Waals surface area contributed by atoms with E-state index in [1.165, 1.54) is 18.4 Å². The van der Waals surface area contributed by atoms with Gasteiger partial charge in [0.25, 0.3) is 0 Å². The van der Waals surface area contributed by atoms with Crippen LogP contribution in [0.2, 0.25) is 0 Å². The van der Waals surface area contributed by atoms with Crippen molar-refractivity contribution in [2.24, 2.45) is 5.41 Å². The summed E-state index contributed by atoms with van der Waals surface area (Å²) in [6.45, 7) is 4.71. The zero-order valence-electron chi connectivity index (χ0n) is 11.9. The number of hydrogen-bond donors (Lipinski definition) is 1. The van der Waals surface area contributed by atoms with Crippen molar-refractivity contribution in [3.63, 3.8) is 0 Å². The Kier molecular flexibility index (Phi) is 3.18. The van der Waals surface area contributed by atoms with Crippen LogP contribution in [-0.2, 0) is 0 Å². The van der Waals surface area contributed by atoms with Crippen LogP contribution in [0.15, 0.2) is 22.7 Å². The third-order valence-corrected chi connectivity index (χ3v) is 5.15. The van der Waals surface area contributed by atoms with E-state index in [1.807, 2.05) is 0 Å². The van der Waals surface area contributed by atoms with Gasteiger partial charge in [-0.25, -0.2) is 0 Å². The lowest BCUT2D eigenvalue weighted by atomic mass is 9.82. The van der Waals surface area contributed by atoms with Crippen LogP contribution in [0.3, 0.4) is 0 Å². The first-order valence-electron chi connectivity index (χ1n) is 7.09. The molecule has 0 amide bonds. The highest BCUT2D eigenvalue weighted by Gasteiger charge is 2.48. The maximum atomic E-state index is 6.46. The molecule has 1 aromatic rings. The minimum atomic E-state index is 0.0327. The molecule has 1 fully saturated rings. The molecule has 19 heavy (non-hydrogen) atoms. The Morgan fingerprint density at radius 3 is 2.74 bits per heavy atom. The molecule has 1 heterocycles. The minimum absolute atomic E-state index is 0.0327. The monoisotopic (exact) mass is 323 g/mol. The quantitative estimate of drug-likeness (QED) is 0.824. The van der Waals surface area contributed by atoms with Crippen LogP contribution in [0.1, 0.15) is 51.1 Å². The number of ether oxygens (including phenoxy) is 1. The molecule has 3 rings (SSSR count). The number of rotatable bonds is 1. The smallest absolute Gasteiger partial charge is 0.126 e. The van der Waals surface area contributed by atoms with Crippen molar-refractivity contribution in [1.82, 2.24) is 5.32 Å². The van der Waals surface area contributed by atoms with E-state index in [0.29, 0.717) is 11.5 Å². The third-order valence-electron chi connectivity index (χ3n) is 4.66. The molecule has 0 radical (unpaired) electrons. The Balaban J connectivity index is 1.97. The third kappa shape index (κ3) is 2.43. The first-order valence-corrected chi connectivity index (χ1v) is 7.88. The van der Waals surface area contributed by atoms with Gasteiger partial charge >= 0.3 is 0 Å². The summed E-state index contributed by atoms with van der Waals surface area (Å²) in [6, 6.07) is 6.80. The van der Waals surface area contributed by atoms with E-state index >= 15 is 0 Å². The molecule has 1 saturated carbocycles. The SMILES string of the molecule is CNC1CC2(CCC(C)(C)C2)Oc2cc(Br)ccc21. The summed E-state index contributed by atoms with van der Waals surface area (Å²) in [6.07, 6.45) is 4.67. The molecule has 104 valence electrons. The summed E-state index contributed by atoms with van der Waals surface area (Å²) < 4.78 is 7.55. The van der Waals surface area contributed by atoms with Crippen LogP contribution in [0.4, 0.5) is 0 Å². The van der Waals surface area contributed by atoms with Crippen LogP contribution in [0.5, 0.6) is 5.75 Å². The minimum Gasteiger partial charge on any atom is -0.487 e. The number of hydrogen-bond acceptors (Lipinski definition) is 2. The van der Waals surface area contributed by atoms with Gasteiger partial charge in [-0.2, -0.15) is 0 Å². The van der Waals surface area contributed by atoms with E-state index in [0.717, 1.165) is 23.1 Å². The molecule has 2 aliphatic rings. The van der Waals surface area contributed by atoms with Gasteiger partial charge in [-0.15, -0.1) is 0 Å². The number of benzene rings is 1. The van der Waals surface area contributed by atoms with Crippen molar-refractivity contribution >= 4 is 15.9 Å². The average molecular weight is 324 g/mol. The highest BCUT2D eigenvalue weighted by molar-refractivity contribution is 9.10. The first kappa shape index (κ1) is 13.4. The molecular formula is C16H22BrNO. The van der Waals surface area contributed by atoms with Crippen molar-refractivity contribution in [3.8, 4) is 5.75 Å². The van der Waals surface area contributed by atoms with Crippen LogP contribution in [-0.4, -0.2) is 12.6 Å². The number of fused-ring (bicyclic) bond motifs is 1. The van der Waals surface area contributed by atoms with Crippen molar-refractivity contribution in [1.29, 1.82) is 0 Å². The fourth-order valence-corrected chi connectivity index (χ4v) is 4.12. The molecule has 2 unspecified atom stereocenters. The van der Waals surface area contributed by atoms with Gasteiger partial charge in [0, 0.05) is 22.5 Å². The Morgan fingerprint density at radius 2 is 2.11 bits per heavy atom. The van der Waals surface area contributed by atoms with Crippen molar-refractivity contribution < 1.29 is 4.74 Å². The summed E-state index contributed by atoms with van der Waals surface area (Å²) in [7, 11) is 2.05. The van der Waals surface area contributed by atoms with Gasteiger partial charge < -0.3 is 10.1 Å². The molecule has 3 heteroatoms. The largest absolute Gasteiger partial charge is 0.487 e. The molecular weight excluding hydrogens is 302 g/mol. The standard InChI is InChI=1S/C16H22BrNO/c1-15(2)6-7-16(10-15)9-13(18-3)12-5-4-11(17)8-14(12)19-16/h4-5,8,13,18H,6-7,9-10H2,1-3H3. The lowest BCUT2D eigenvalue weighted by Gasteiger charge is -2.41. The summed E-state index contributed by atoms with van der Waals surface area (Å²) >= 11 is 3.55. The fraction of sp³-hybridized carbons (Fsp3) is 0.625. The summed E-state index contributed by atoms with van der Waals surface area (Å²) in [5, 5.41) is 3.46. The Hall–Kier alpha value is -0.540. The predicted molar refractivity (Wildman–Crippen MR) is 81.6 cm³/mol. The highest BCUT2D eigenvalue weighted by atomic mass is 79.9. The molecule has 0 bridgehead atoms. The van der Waals surface area contributed by atoms with Crippen LogP contribution >= 0.6 is 15.9 Å². The first-order chi connectivity index (χ1) is 8.93. The molecule has 1 aromatic carbocycles. The fourth-order valence-electron chi connectivity index (χ4n) is 3.78. The normalized spacial score (nSPS) is 32.1. The maximum absolute atomic E-state index is 6.46. The topological polar surface area (TPSA) is 21.3 Å². The zero-order valence-corrected chi connectivity index (χ0v) is 13.5. The molecule has 0 aromatic heterocycles. The van der Waals surface area contributed by atoms with Crippen LogP contribution < -0.4 is 10.1 Å². The second kappa shape index (κ2) is 4.49. The van der Waals surface area contributed by atoms with Gasteiger partial charge in [0.15, 0.2) is 0 Å². The van der Waals surface area contributed by atoms with E-state index < -0.39 is 0 Å². The van der Waals surface area contributed by atoms with Crippen molar-refractivity contribution in [3.05, 3.63) is 28.2 Å². The molecule has 1 aliphatic heterocycles. The Morgan fingerprint density at radius 1 is 1.32 bits per heavy atom. The van der Waals surface area contributed by atoms with E-state index in [4.69, 9.17) is 4.74 Å². The second-order valence-corrected chi connectivity index (χ2v) is 7.77. The molecule has 0 saturated heterocycles. The van der Waals surface area contributed by atoms with E-state index in [9.17, 15) is 0 Å².